The van der Waals surface area contributed by atoms with E-state index in [9.17, 15) is 0 Å². The van der Waals surface area contributed by atoms with Crippen LogP contribution in [0.2, 0.25) is 0 Å². The normalized spacial score (nSPS) is 19.0. The summed E-state index contributed by atoms with van der Waals surface area (Å²) in [5.41, 5.74) is 5.41. The van der Waals surface area contributed by atoms with Crippen molar-refractivity contribution in [2.24, 2.45) is 5.92 Å². The third-order valence-electron chi connectivity index (χ3n) is 2.90. The van der Waals surface area contributed by atoms with Crippen LogP contribution in [0.25, 0.3) is 0 Å². The zero-order chi connectivity index (χ0) is 13.4. The maximum absolute atomic E-state index is 3.34. The first-order valence-corrected chi connectivity index (χ1v) is 7.63. The molecule has 2 aliphatic carbocycles. The molecule has 3 heteroatoms. The van der Waals surface area contributed by atoms with Gasteiger partial charge in [0.1, 0.15) is 0 Å². The van der Waals surface area contributed by atoms with Gasteiger partial charge in [-0.25, -0.2) is 22.3 Å². The molecule has 0 aromatic carbocycles. The van der Waals surface area contributed by atoms with Gasteiger partial charge in [0.05, 0.1) is 0 Å². The molecule has 0 aromatic heterocycles. The van der Waals surface area contributed by atoms with Crippen LogP contribution in [-0.2, 0) is 24.2 Å². The number of rotatable bonds is 0. The zero-order valence-corrected chi connectivity index (χ0v) is 16.4. The average Bonchev–Trinajstić information content (AvgIpc) is 2.79. The van der Waals surface area contributed by atoms with E-state index in [0.29, 0.717) is 5.92 Å². The van der Waals surface area contributed by atoms with E-state index in [2.05, 4.69) is 63.1 Å². The molecule has 0 N–H and O–H groups in total. The molecule has 0 heterocycles. The van der Waals surface area contributed by atoms with Crippen molar-refractivity contribution in [3.63, 3.8) is 0 Å². The molecular weight excluding hydrogens is 354 g/mol. The average molecular weight is 376 g/mol. The predicted octanol–water partition coefficient (Wildman–Crippen LogP) is -1.61. The Labute approximate surface area is 146 Å². The van der Waals surface area contributed by atoms with Crippen LogP contribution in [0.4, 0.5) is 0 Å². The minimum Gasteiger partial charge on any atom is -1.00 e. The van der Waals surface area contributed by atoms with E-state index in [1.807, 2.05) is 0 Å². The van der Waals surface area contributed by atoms with Crippen molar-refractivity contribution in [2.45, 2.75) is 41.0 Å². The summed E-state index contributed by atoms with van der Waals surface area (Å²) in [4.78, 5) is 0. The Kier molecular flexibility index (Phi) is 17.0. The topological polar surface area (TPSA) is 0 Å². The van der Waals surface area contributed by atoms with E-state index >= 15 is 0 Å². The molecule has 19 heavy (non-hydrogen) atoms. The van der Waals surface area contributed by atoms with Crippen LogP contribution in [-0.4, -0.2) is 4.21 Å². The van der Waals surface area contributed by atoms with Gasteiger partial charge >= 0.3 is 28.4 Å². The van der Waals surface area contributed by atoms with Crippen molar-refractivity contribution in [3.8, 4) is 0 Å². The van der Waals surface area contributed by atoms with Gasteiger partial charge in [0.15, 0.2) is 0 Å². The Balaban J connectivity index is -0.000000219. The fraction of sp³-hybridized carbons (Fsp3) is 0.438. The number of hydrogen-bond acceptors (Lipinski definition) is 0. The summed E-state index contributed by atoms with van der Waals surface area (Å²) in [7, 11) is 0. The van der Waals surface area contributed by atoms with Gasteiger partial charge in [0.25, 0.3) is 0 Å². The van der Waals surface area contributed by atoms with Gasteiger partial charge in [0, 0.05) is 0 Å². The Hall–Kier alpha value is 0.293. The van der Waals surface area contributed by atoms with E-state index in [1.165, 1.54) is 46.5 Å². The van der Waals surface area contributed by atoms with E-state index in [-0.39, 0.29) is 24.8 Å². The molecule has 2 rings (SSSR count). The Bertz CT molecular complexity index is 342. The Morgan fingerprint density at radius 1 is 1.05 bits per heavy atom. The third-order valence-corrected chi connectivity index (χ3v) is 2.90. The quantitative estimate of drug-likeness (QED) is 0.447. The molecular formula is C16H22Cl2Zr-2. The van der Waals surface area contributed by atoms with Crippen LogP contribution in [0, 0.1) is 18.1 Å². The molecule has 106 valence electrons. The van der Waals surface area contributed by atoms with Crippen LogP contribution >= 0.6 is 0 Å². The second-order valence-electron chi connectivity index (χ2n) is 4.30. The maximum atomic E-state index is 3.34. The van der Waals surface area contributed by atoms with Crippen LogP contribution < -0.4 is 24.8 Å². The molecule has 1 atom stereocenters. The molecule has 0 aromatic rings. The molecule has 0 amide bonds. The predicted molar refractivity (Wildman–Crippen MR) is 73.3 cm³/mol. The molecule has 0 aliphatic heterocycles. The van der Waals surface area contributed by atoms with Gasteiger partial charge in [-0.15, -0.1) is 20.3 Å². The smallest absolute Gasteiger partial charge is 1.00 e. The number of allylic oxidation sites excluding steroid dienone is 8. The third kappa shape index (κ3) is 9.77. The first-order valence-electron chi connectivity index (χ1n) is 5.89. The standard InChI is InChI=1S/C8H11.C7H9.CH2.2ClH.Zr/c1-6-4-7(2)8(3)5-6;1-6-4-3-5-7(6)2;;;;/h4,6H,1-3H3;4H,3H2,1-2H3;1H2;2*1H;/q2*-1;;;;+2/p-2. The summed E-state index contributed by atoms with van der Waals surface area (Å²) in [6, 6.07) is 0. The summed E-state index contributed by atoms with van der Waals surface area (Å²) in [5, 5.41) is 0. The van der Waals surface area contributed by atoms with Gasteiger partial charge in [-0.05, 0) is 0 Å². The second-order valence-corrected chi connectivity index (χ2v) is 4.30. The number of halogens is 2. The van der Waals surface area contributed by atoms with Crippen molar-refractivity contribution in [2.75, 3.05) is 0 Å². The van der Waals surface area contributed by atoms with Gasteiger partial charge in [-0.3, -0.25) is 12.2 Å². The van der Waals surface area contributed by atoms with Crippen LogP contribution in [0.15, 0.2) is 34.4 Å². The monoisotopic (exact) mass is 374 g/mol. The summed E-state index contributed by atoms with van der Waals surface area (Å²) in [5.74, 6) is 0.551. The summed E-state index contributed by atoms with van der Waals surface area (Å²) in [6.07, 6.45) is 11.9. The van der Waals surface area contributed by atoms with Crippen molar-refractivity contribution >= 4 is 4.21 Å². The molecule has 0 nitrogen and oxygen atoms in total. The zero-order valence-electron chi connectivity index (χ0n) is 12.4. The van der Waals surface area contributed by atoms with E-state index in [0.717, 1.165) is 6.42 Å². The molecule has 0 saturated heterocycles. The van der Waals surface area contributed by atoms with Gasteiger partial charge in [-0.2, -0.15) is 12.2 Å². The van der Waals surface area contributed by atoms with Crippen LogP contribution in [0.1, 0.15) is 41.0 Å². The van der Waals surface area contributed by atoms with E-state index in [1.54, 1.807) is 0 Å². The molecule has 0 bridgehead atoms. The molecule has 0 saturated carbocycles. The van der Waals surface area contributed by atoms with Gasteiger partial charge in [0.2, 0.25) is 0 Å². The fourth-order valence-corrected chi connectivity index (χ4v) is 1.65. The van der Waals surface area contributed by atoms with Crippen molar-refractivity contribution in [3.05, 3.63) is 46.6 Å². The van der Waals surface area contributed by atoms with E-state index in [4.69, 9.17) is 0 Å². The largest absolute Gasteiger partial charge is 1.00 e. The summed E-state index contributed by atoms with van der Waals surface area (Å²) < 4.78 is 3.34. The van der Waals surface area contributed by atoms with Crippen molar-refractivity contribution < 1.29 is 49.0 Å². The summed E-state index contributed by atoms with van der Waals surface area (Å²) in [6.45, 7) is 10.6. The summed E-state index contributed by atoms with van der Waals surface area (Å²) >= 11 is 1.30. The first-order chi connectivity index (χ1) is 8.00. The SMILES string of the molecule is CC1=[C-]C(C)C=C1C.CC1=[C-]CC=C1C.[CH2]=[Zr+2].[Cl-].[Cl-]. The van der Waals surface area contributed by atoms with E-state index < -0.39 is 0 Å². The van der Waals surface area contributed by atoms with Crippen LogP contribution in [0.5, 0.6) is 0 Å². The molecule has 1 unspecified atom stereocenters. The maximum Gasteiger partial charge on any atom is -1.00 e. The molecule has 0 radical (unpaired) electrons. The fourth-order valence-electron chi connectivity index (χ4n) is 1.65. The van der Waals surface area contributed by atoms with Crippen LogP contribution in [0.3, 0.4) is 0 Å². The minimum atomic E-state index is 0. The first kappa shape index (κ1) is 24.3. The van der Waals surface area contributed by atoms with Gasteiger partial charge in [-0.1, -0.05) is 26.7 Å². The van der Waals surface area contributed by atoms with Crippen molar-refractivity contribution in [1.82, 2.24) is 0 Å². The Morgan fingerprint density at radius 3 is 1.68 bits per heavy atom. The second kappa shape index (κ2) is 13.3. The van der Waals surface area contributed by atoms with Crippen molar-refractivity contribution in [1.29, 1.82) is 0 Å². The van der Waals surface area contributed by atoms with Gasteiger partial charge < -0.3 is 24.8 Å². The number of hydrogen-bond donors (Lipinski definition) is 0. The minimum absolute atomic E-state index is 0. The molecule has 2 aliphatic rings. The molecule has 0 fully saturated rings. The Morgan fingerprint density at radius 2 is 1.58 bits per heavy atom. The molecule has 0 spiro atoms.